The van der Waals surface area contributed by atoms with Crippen LogP contribution in [0.4, 0.5) is 22.8 Å². The van der Waals surface area contributed by atoms with Crippen molar-refractivity contribution in [3.8, 4) is 0 Å². The number of carbonyl (C=O) groups is 4. The molecule has 38 heavy (non-hydrogen) atoms. The Hall–Kier alpha value is -3.83. The molecular formula is C26H27F3N4O5. The largest absolute Gasteiger partial charge is 0.436 e. The van der Waals surface area contributed by atoms with E-state index in [9.17, 15) is 28.0 Å². The van der Waals surface area contributed by atoms with E-state index in [4.69, 9.17) is 4.74 Å². The SMILES string of the molecule is CNC(=O)NC1=CC(F)=C2C(CC[C@]23CN(CC(=O)N2[C@@H](C)CC[C@H]2c2ccc(F)c(F)c2)C(=O)O3)C1=O. The Morgan fingerprint density at radius 1 is 1.13 bits per heavy atom. The van der Waals surface area contributed by atoms with E-state index in [1.807, 2.05) is 6.92 Å². The van der Waals surface area contributed by atoms with Crippen LogP contribution in [0.3, 0.4) is 0 Å². The molecule has 1 unspecified atom stereocenters. The number of hydrogen-bond acceptors (Lipinski definition) is 5. The molecule has 5 rings (SSSR count). The second-order valence-electron chi connectivity index (χ2n) is 10.1. The molecule has 1 saturated carbocycles. The van der Waals surface area contributed by atoms with Crippen molar-refractivity contribution in [2.45, 2.75) is 50.3 Å². The summed E-state index contributed by atoms with van der Waals surface area (Å²) in [6, 6.07) is 2.19. The van der Waals surface area contributed by atoms with Crippen molar-refractivity contribution in [1.82, 2.24) is 20.4 Å². The summed E-state index contributed by atoms with van der Waals surface area (Å²) in [6.07, 6.45) is 1.71. The topological polar surface area (TPSA) is 108 Å². The molecule has 3 fully saturated rings. The maximum atomic E-state index is 15.3. The van der Waals surface area contributed by atoms with Crippen molar-refractivity contribution < 1.29 is 37.1 Å². The van der Waals surface area contributed by atoms with Crippen molar-refractivity contribution in [2.75, 3.05) is 20.1 Å². The van der Waals surface area contributed by atoms with Crippen LogP contribution < -0.4 is 10.6 Å². The maximum Gasteiger partial charge on any atom is 0.411 e. The molecule has 4 amide bonds. The van der Waals surface area contributed by atoms with Gasteiger partial charge in [-0.05, 0) is 50.3 Å². The van der Waals surface area contributed by atoms with E-state index in [1.165, 1.54) is 18.0 Å². The number of halogens is 3. The smallest absolute Gasteiger partial charge is 0.411 e. The molecule has 2 N–H and O–H groups in total. The Morgan fingerprint density at radius 2 is 1.89 bits per heavy atom. The number of ketones is 1. The number of nitrogens with zero attached hydrogens (tertiary/aromatic N) is 2. The van der Waals surface area contributed by atoms with Crippen molar-refractivity contribution in [3.63, 3.8) is 0 Å². The molecule has 4 atom stereocenters. The van der Waals surface area contributed by atoms with E-state index in [2.05, 4.69) is 10.6 Å². The third-order valence-electron chi connectivity index (χ3n) is 7.86. The Balaban J connectivity index is 1.35. The Labute approximate surface area is 216 Å². The van der Waals surface area contributed by atoms with Crippen molar-refractivity contribution in [3.05, 3.63) is 58.6 Å². The van der Waals surface area contributed by atoms with Crippen LogP contribution in [0.1, 0.15) is 44.2 Å². The Bertz CT molecular complexity index is 1300. The first-order chi connectivity index (χ1) is 18.0. The lowest BCUT2D eigenvalue weighted by molar-refractivity contribution is -0.134. The summed E-state index contributed by atoms with van der Waals surface area (Å²) < 4.78 is 48.2. The number of amides is 4. The van der Waals surface area contributed by atoms with Crippen LogP contribution in [-0.2, 0) is 14.3 Å². The van der Waals surface area contributed by atoms with Crippen LogP contribution in [0, 0.1) is 17.6 Å². The molecular weight excluding hydrogens is 505 g/mol. The second kappa shape index (κ2) is 9.48. The quantitative estimate of drug-likeness (QED) is 0.619. The van der Waals surface area contributed by atoms with Crippen molar-refractivity contribution >= 4 is 23.8 Å². The number of urea groups is 1. The zero-order valence-corrected chi connectivity index (χ0v) is 20.9. The van der Waals surface area contributed by atoms with Gasteiger partial charge in [-0.15, -0.1) is 0 Å². The van der Waals surface area contributed by atoms with Crippen LogP contribution >= 0.6 is 0 Å². The van der Waals surface area contributed by atoms with Gasteiger partial charge in [0.2, 0.25) is 5.91 Å². The molecule has 2 aliphatic heterocycles. The molecule has 12 heteroatoms. The first kappa shape index (κ1) is 25.8. The van der Waals surface area contributed by atoms with E-state index in [0.29, 0.717) is 18.4 Å². The van der Waals surface area contributed by atoms with Gasteiger partial charge in [-0.25, -0.2) is 22.8 Å². The lowest BCUT2D eigenvalue weighted by Crippen LogP contribution is -2.44. The van der Waals surface area contributed by atoms with E-state index in [-0.39, 0.29) is 43.2 Å². The van der Waals surface area contributed by atoms with Crippen LogP contribution in [0.25, 0.3) is 0 Å². The fourth-order valence-corrected chi connectivity index (χ4v) is 6.09. The van der Waals surface area contributed by atoms with Crippen LogP contribution in [0.15, 0.2) is 41.4 Å². The van der Waals surface area contributed by atoms with Gasteiger partial charge in [-0.1, -0.05) is 6.07 Å². The lowest BCUT2D eigenvalue weighted by Gasteiger charge is -2.31. The summed E-state index contributed by atoms with van der Waals surface area (Å²) in [7, 11) is 1.36. The number of nitrogens with one attached hydrogen (secondary N) is 2. The monoisotopic (exact) mass is 532 g/mol. The van der Waals surface area contributed by atoms with Gasteiger partial charge in [-0.3, -0.25) is 14.5 Å². The van der Waals surface area contributed by atoms with Crippen LogP contribution in [0.5, 0.6) is 0 Å². The minimum Gasteiger partial charge on any atom is -0.436 e. The zero-order valence-electron chi connectivity index (χ0n) is 20.9. The summed E-state index contributed by atoms with van der Waals surface area (Å²) >= 11 is 0. The first-order valence-electron chi connectivity index (χ1n) is 12.4. The summed E-state index contributed by atoms with van der Waals surface area (Å²) in [5.74, 6) is -4.52. The Morgan fingerprint density at radius 3 is 2.61 bits per heavy atom. The van der Waals surface area contributed by atoms with E-state index >= 15 is 4.39 Å². The fourth-order valence-electron chi connectivity index (χ4n) is 6.09. The first-order valence-corrected chi connectivity index (χ1v) is 12.4. The highest BCUT2D eigenvalue weighted by atomic mass is 19.2. The third kappa shape index (κ3) is 4.21. The minimum atomic E-state index is -1.40. The molecule has 2 aliphatic carbocycles. The number of benzene rings is 1. The minimum absolute atomic E-state index is 0.0439. The number of allylic oxidation sites excluding steroid dienone is 3. The highest BCUT2D eigenvalue weighted by Gasteiger charge is 2.58. The van der Waals surface area contributed by atoms with Gasteiger partial charge in [0.25, 0.3) is 0 Å². The molecule has 1 aromatic rings. The zero-order chi connectivity index (χ0) is 27.4. The van der Waals surface area contributed by atoms with Gasteiger partial charge in [0.15, 0.2) is 23.0 Å². The Kier molecular flexibility index (Phi) is 6.44. The number of hydrogen-bond donors (Lipinski definition) is 2. The highest BCUT2D eigenvalue weighted by molar-refractivity contribution is 6.04. The standard InChI is InChI=1S/C26H27F3N4O5/c1-13-3-6-20(14-4-5-16(27)17(28)9-14)33(13)21(34)11-32-12-26(38-25(32)37)8-7-15-22(26)18(29)10-19(23(15)35)31-24(36)30-2/h4-5,9-10,13,15,20H,3,6-8,11-12H2,1-2H3,(H2,30,31,36)/t13-,15?,20-,26-/m0/s1. The van der Waals surface area contributed by atoms with Gasteiger partial charge >= 0.3 is 12.1 Å². The summed E-state index contributed by atoms with van der Waals surface area (Å²) in [5.41, 5.74) is -1.08. The fraction of sp³-hybridized carbons (Fsp3) is 0.462. The number of likely N-dealkylation sites (tertiary alicyclic amines) is 1. The lowest BCUT2D eigenvalue weighted by atomic mass is 9.85. The van der Waals surface area contributed by atoms with E-state index in [1.54, 1.807) is 4.90 Å². The molecule has 2 saturated heterocycles. The van der Waals surface area contributed by atoms with Gasteiger partial charge < -0.3 is 20.3 Å². The number of Topliss-reactive ketones (excluding diaryl/α,β-unsaturated/α-hetero) is 1. The predicted molar refractivity (Wildman–Crippen MR) is 127 cm³/mol. The van der Waals surface area contributed by atoms with Gasteiger partial charge in [0.1, 0.15) is 12.4 Å². The summed E-state index contributed by atoms with van der Waals surface area (Å²) in [5, 5.41) is 4.62. The molecule has 1 aromatic carbocycles. The molecule has 4 aliphatic rings. The number of ether oxygens (including phenoxy) is 1. The third-order valence-corrected chi connectivity index (χ3v) is 7.86. The van der Waals surface area contributed by atoms with Gasteiger partial charge in [0.05, 0.1) is 24.2 Å². The molecule has 9 nitrogen and oxygen atoms in total. The summed E-state index contributed by atoms with van der Waals surface area (Å²) in [4.78, 5) is 53.5. The average molecular weight is 533 g/mol. The molecule has 0 aromatic heterocycles. The molecule has 1 spiro atoms. The second-order valence-corrected chi connectivity index (χ2v) is 10.1. The predicted octanol–water partition coefficient (Wildman–Crippen LogP) is 3.24. The van der Waals surface area contributed by atoms with Crippen molar-refractivity contribution in [2.24, 2.45) is 5.92 Å². The maximum absolute atomic E-state index is 15.3. The van der Waals surface area contributed by atoms with Crippen LogP contribution in [-0.4, -0.2) is 65.4 Å². The van der Waals surface area contributed by atoms with Gasteiger partial charge in [-0.2, -0.15) is 0 Å². The number of fused-ring (bicyclic) bond motifs is 2. The van der Waals surface area contributed by atoms with Gasteiger partial charge in [0, 0.05) is 24.7 Å². The average Bonchev–Trinajstić information content (AvgIpc) is 3.54. The van der Waals surface area contributed by atoms with Crippen molar-refractivity contribution in [1.29, 1.82) is 0 Å². The van der Waals surface area contributed by atoms with Crippen LogP contribution in [0.2, 0.25) is 0 Å². The molecule has 0 radical (unpaired) electrons. The number of carbonyl (C=O) groups excluding carboxylic acids is 4. The molecule has 202 valence electrons. The van der Waals surface area contributed by atoms with E-state index < -0.39 is 58.8 Å². The molecule has 2 heterocycles. The summed E-state index contributed by atoms with van der Waals surface area (Å²) in [6.45, 7) is 1.37. The molecule has 0 bridgehead atoms. The normalized spacial score (nSPS) is 28.6. The highest BCUT2D eigenvalue weighted by Crippen LogP contribution is 2.50. The number of rotatable bonds is 4. The van der Waals surface area contributed by atoms with E-state index in [0.717, 1.165) is 18.2 Å².